The summed E-state index contributed by atoms with van der Waals surface area (Å²) < 4.78 is 45.3. The summed E-state index contributed by atoms with van der Waals surface area (Å²) in [5, 5.41) is 2.91. The normalized spacial score (nSPS) is 13.2. The van der Waals surface area contributed by atoms with E-state index in [0.717, 1.165) is 41.0 Å². The zero-order chi connectivity index (χ0) is 26.9. The van der Waals surface area contributed by atoms with E-state index in [1.807, 2.05) is 36.4 Å². The number of anilines is 1. The fraction of sp³-hybridized carbons (Fsp3) is 0.200. The third-order valence-corrected chi connectivity index (χ3v) is 6.62. The second-order valence-corrected chi connectivity index (χ2v) is 9.20. The summed E-state index contributed by atoms with van der Waals surface area (Å²) in [6.45, 7) is 2.62. The Balaban J connectivity index is 1.30. The van der Waals surface area contributed by atoms with Gasteiger partial charge in [0.2, 0.25) is 0 Å². The van der Waals surface area contributed by atoms with E-state index in [9.17, 15) is 22.8 Å². The maximum absolute atomic E-state index is 13.1. The van der Waals surface area contributed by atoms with Crippen molar-refractivity contribution in [2.45, 2.75) is 32.5 Å². The van der Waals surface area contributed by atoms with Crippen LogP contribution in [0.25, 0.3) is 11.3 Å². The minimum atomic E-state index is -4.52. The zero-order valence-electron chi connectivity index (χ0n) is 20.6. The van der Waals surface area contributed by atoms with Crippen LogP contribution >= 0.6 is 0 Å². The first-order chi connectivity index (χ1) is 18.2. The van der Waals surface area contributed by atoms with E-state index in [1.54, 1.807) is 18.2 Å². The molecule has 5 rings (SSSR count). The number of furan rings is 1. The SMILES string of the molecule is CCc1ccc(C(=O)Nc2cccc(-c3cc4c(o3)CCN(C(=O)c3cccc(C(F)(F)F)c3)C4)c2)cc1. The lowest BCUT2D eigenvalue weighted by molar-refractivity contribution is -0.137. The highest BCUT2D eigenvalue weighted by molar-refractivity contribution is 6.04. The van der Waals surface area contributed by atoms with E-state index >= 15 is 0 Å². The average molecular weight is 519 g/mol. The van der Waals surface area contributed by atoms with Gasteiger partial charge in [-0.05, 0) is 60.5 Å². The number of aryl methyl sites for hydroxylation is 1. The number of nitrogens with one attached hydrogen (secondary N) is 1. The monoisotopic (exact) mass is 518 g/mol. The standard InChI is InChI=1S/C30H25F3N2O3/c1-2-19-9-11-20(12-10-19)28(36)34-25-8-4-5-21(16-25)27-17-23-18-35(14-13-26(23)38-27)29(37)22-6-3-7-24(15-22)30(31,32)33/h3-12,15-17H,2,13-14,18H2,1H3,(H,34,36). The van der Waals surface area contributed by atoms with Gasteiger partial charge in [0.1, 0.15) is 11.5 Å². The largest absolute Gasteiger partial charge is 0.461 e. The first-order valence-corrected chi connectivity index (χ1v) is 12.3. The fourth-order valence-corrected chi connectivity index (χ4v) is 4.51. The Morgan fingerprint density at radius 2 is 1.71 bits per heavy atom. The zero-order valence-corrected chi connectivity index (χ0v) is 20.6. The van der Waals surface area contributed by atoms with E-state index in [1.165, 1.54) is 17.0 Å². The van der Waals surface area contributed by atoms with E-state index in [4.69, 9.17) is 4.42 Å². The summed E-state index contributed by atoms with van der Waals surface area (Å²) in [4.78, 5) is 27.2. The van der Waals surface area contributed by atoms with Gasteiger partial charge >= 0.3 is 6.18 Å². The number of fused-ring (bicyclic) bond motifs is 1. The van der Waals surface area contributed by atoms with Gasteiger partial charge in [0.05, 0.1) is 5.56 Å². The predicted molar refractivity (Wildman–Crippen MR) is 138 cm³/mol. The number of nitrogens with zero attached hydrogens (tertiary/aromatic N) is 1. The Bertz CT molecular complexity index is 1490. The molecule has 1 aliphatic rings. The second kappa shape index (κ2) is 10.2. The van der Waals surface area contributed by atoms with Crippen molar-refractivity contribution in [1.82, 2.24) is 4.90 Å². The van der Waals surface area contributed by atoms with Crippen LogP contribution in [-0.2, 0) is 25.6 Å². The minimum Gasteiger partial charge on any atom is -0.461 e. The lowest BCUT2D eigenvalue weighted by Gasteiger charge is -2.26. The molecule has 0 saturated heterocycles. The van der Waals surface area contributed by atoms with Gasteiger partial charge in [-0.3, -0.25) is 9.59 Å². The van der Waals surface area contributed by atoms with Crippen LogP contribution in [0.15, 0.2) is 83.3 Å². The van der Waals surface area contributed by atoms with Crippen molar-refractivity contribution in [3.63, 3.8) is 0 Å². The number of benzene rings is 3. The number of halogens is 3. The van der Waals surface area contributed by atoms with Gasteiger partial charge in [0.15, 0.2) is 0 Å². The number of amides is 2. The van der Waals surface area contributed by atoms with Gasteiger partial charge in [-0.25, -0.2) is 0 Å². The van der Waals surface area contributed by atoms with Crippen LogP contribution in [0.1, 0.15) is 50.1 Å². The number of alkyl halides is 3. The molecule has 2 amide bonds. The Morgan fingerprint density at radius 3 is 2.45 bits per heavy atom. The van der Waals surface area contributed by atoms with Crippen molar-refractivity contribution >= 4 is 17.5 Å². The Morgan fingerprint density at radius 1 is 0.947 bits per heavy atom. The van der Waals surface area contributed by atoms with Crippen LogP contribution < -0.4 is 5.32 Å². The maximum Gasteiger partial charge on any atom is 0.416 e. The summed E-state index contributed by atoms with van der Waals surface area (Å²) >= 11 is 0. The molecule has 0 spiro atoms. The van der Waals surface area contributed by atoms with Gasteiger partial charge in [-0.15, -0.1) is 0 Å². The smallest absolute Gasteiger partial charge is 0.416 e. The molecule has 194 valence electrons. The summed E-state index contributed by atoms with van der Waals surface area (Å²) in [7, 11) is 0. The molecule has 8 heteroatoms. The second-order valence-electron chi connectivity index (χ2n) is 9.20. The lowest BCUT2D eigenvalue weighted by Crippen LogP contribution is -2.35. The van der Waals surface area contributed by atoms with E-state index in [2.05, 4.69) is 12.2 Å². The topological polar surface area (TPSA) is 62.6 Å². The summed E-state index contributed by atoms with van der Waals surface area (Å²) in [6.07, 6.45) is -3.17. The van der Waals surface area contributed by atoms with Gasteiger partial charge in [-0.1, -0.05) is 37.3 Å². The van der Waals surface area contributed by atoms with Crippen LogP contribution in [-0.4, -0.2) is 23.3 Å². The predicted octanol–water partition coefficient (Wildman–Crippen LogP) is 6.98. The Labute approximate surface area is 217 Å². The molecule has 0 saturated carbocycles. The highest BCUT2D eigenvalue weighted by Gasteiger charge is 2.32. The molecule has 4 aromatic rings. The van der Waals surface area contributed by atoms with Crippen molar-refractivity contribution in [3.05, 3.63) is 112 Å². The number of carbonyl (C=O) groups excluding carboxylic acids is 2. The molecule has 38 heavy (non-hydrogen) atoms. The minimum absolute atomic E-state index is 0.000213. The van der Waals surface area contributed by atoms with Gasteiger partial charge in [0, 0.05) is 47.5 Å². The molecule has 0 fully saturated rings. The molecule has 2 heterocycles. The molecule has 1 N–H and O–H groups in total. The molecule has 0 unspecified atom stereocenters. The summed E-state index contributed by atoms with van der Waals surface area (Å²) in [5.74, 6) is 0.652. The molecule has 5 nitrogen and oxygen atoms in total. The molecule has 0 radical (unpaired) electrons. The molecule has 1 aliphatic heterocycles. The summed E-state index contributed by atoms with van der Waals surface area (Å²) in [5.41, 5.74) is 3.04. The highest BCUT2D eigenvalue weighted by atomic mass is 19.4. The first kappa shape index (κ1) is 25.3. The van der Waals surface area contributed by atoms with E-state index in [0.29, 0.717) is 30.0 Å². The molecule has 3 aromatic carbocycles. The van der Waals surface area contributed by atoms with Gasteiger partial charge in [-0.2, -0.15) is 13.2 Å². The molecule has 0 bridgehead atoms. The quantitative estimate of drug-likeness (QED) is 0.310. The number of hydrogen-bond donors (Lipinski definition) is 1. The van der Waals surface area contributed by atoms with Gasteiger partial charge in [0.25, 0.3) is 11.8 Å². The van der Waals surface area contributed by atoms with Gasteiger partial charge < -0.3 is 14.6 Å². The molecule has 0 atom stereocenters. The first-order valence-electron chi connectivity index (χ1n) is 12.3. The molecule has 0 aliphatic carbocycles. The van der Waals surface area contributed by atoms with Crippen LogP contribution in [0.2, 0.25) is 0 Å². The number of hydrogen-bond acceptors (Lipinski definition) is 3. The number of rotatable bonds is 5. The van der Waals surface area contributed by atoms with Crippen molar-refractivity contribution < 1.29 is 27.2 Å². The molecular formula is C30H25F3N2O3. The summed E-state index contributed by atoms with van der Waals surface area (Å²) in [6, 6.07) is 21.1. The van der Waals surface area contributed by atoms with Crippen LogP contribution in [0.4, 0.5) is 18.9 Å². The van der Waals surface area contributed by atoms with Crippen molar-refractivity contribution in [2.75, 3.05) is 11.9 Å². The Kier molecular flexibility index (Phi) is 6.80. The number of carbonyl (C=O) groups is 2. The fourth-order valence-electron chi connectivity index (χ4n) is 4.51. The van der Waals surface area contributed by atoms with Crippen molar-refractivity contribution in [2.24, 2.45) is 0 Å². The van der Waals surface area contributed by atoms with E-state index < -0.39 is 17.6 Å². The molecule has 1 aromatic heterocycles. The molecular weight excluding hydrogens is 493 g/mol. The average Bonchev–Trinajstić information content (AvgIpc) is 3.36. The van der Waals surface area contributed by atoms with E-state index in [-0.39, 0.29) is 18.0 Å². The Hall–Kier alpha value is -4.33. The van der Waals surface area contributed by atoms with Crippen LogP contribution in [0, 0.1) is 0 Å². The van der Waals surface area contributed by atoms with Crippen LogP contribution in [0.5, 0.6) is 0 Å². The van der Waals surface area contributed by atoms with Crippen molar-refractivity contribution in [1.29, 1.82) is 0 Å². The highest BCUT2D eigenvalue weighted by Crippen LogP contribution is 2.33. The lowest BCUT2D eigenvalue weighted by atomic mass is 10.0. The maximum atomic E-state index is 13.1. The van der Waals surface area contributed by atoms with Crippen molar-refractivity contribution in [3.8, 4) is 11.3 Å². The van der Waals surface area contributed by atoms with Crippen LogP contribution in [0.3, 0.4) is 0 Å². The third-order valence-electron chi connectivity index (χ3n) is 6.62. The third kappa shape index (κ3) is 5.34.